The zero-order valence-corrected chi connectivity index (χ0v) is 16.1. The van der Waals surface area contributed by atoms with Gasteiger partial charge in [-0.2, -0.15) is 18.3 Å². The van der Waals surface area contributed by atoms with Crippen LogP contribution in [0.4, 0.5) is 13.2 Å². The largest absolute Gasteiger partial charge is 0.432 e. The van der Waals surface area contributed by atoms with Gasteiger partial charge in [-0.1, -0.05) is 30.3 Å². The number of hydrogen-bond acceptors (Lipinski definition) is 3. The topological polar surface area (TPSA) is 70.2 Å². The predicted octanol–water partition coefficient (Wildman–Crippen LogP) is 5.62. The van der Waals surface area contributed by atoms with E-state index in [9.17, 15) is 13.2 Å². The van der Waals surface area contributed by atoms with Crippen molar-refractivity contribution in [2.24, 2.45) is 0 Å². The Morgan fingerprint density at radius 3 is 2.45 bits per heavy atom. The van der Waals surface area contributed by atoms with E-state index in [1.54, 1.807) is 18.3 Å². The van der Waals surface area contributed by atoms with Gasteiger partial charge in [-0.25, -0.2) is 4.98 Å². The number of para-hydroxylation sites is 1. The molecule has 8 heteroatoms. The van der Waals surface area contributed by atoms with E-state index >= 15 is 0 Å². The Morgan fingerprint density at radius 2 is 1.68 bits per heavy atom. The van der Waals surface area contributed by atoms with Gasteiger partial charge < -0.3 is 4.98 Å². The number of H-pyrrole nitrogens is 2. The summed E-state index contributed by atoms with van der Waals surface area (Å²) < 4.78 is 38.6. The lowest BCUT2D eigenvalue weighted by Gasteiger charge is -2.03. The number of aromatic amines is 2. The second-order valence-electron chi connectivity index (χ2n) is 7.13. The molecule has 0 atom stereocenters. The third kappa shape index (κ3) is 3.79. The van der Waals surface area contributed by atoms with E-state index in [1.807, 2.05) is 53.6 Å². The third-order valence-corrected chi connectivity index (χ3v) is 5.01. The Morgan fingerprint density at radius 1 is 0.839 bits per heavy atom. The first kappa shape index (κ1) is 19.0. The summed E-state index contributed by atoms with van der Waals surface area (Å²) in [6, 6.07) is 20.0. The van der Waals surface area contributed by atoms with Crippen molar-refractivity contribution < 1.29 is 13.2 Å². The highest BCUT2D eigenvalue weighted by Gasteiger charge is 2.33. The molecule has 0 amide bonds. The summed E-state index contributed by atoms with van der Waals surface area (Å²) in [5.74, 6) is 0. The van der Waals surface area contributed by atoms with Crippen LogP contribution in [0, 0.1) is 0 Å². The van der Waals surface area contributed by atoms with Crippen LogP contribution < -0.4 is 0 Å². The van der Waals surface area contributed by atoms with Gasteiger partial charge in [-0.3, -0.25) is 10.1 Å². The van der Waals surface area contributed by atoms with Gasteiger partial charge in [0.25, 0.3) is 0 Å². The lowest BCUT2D eigenvalue weighted by Crippen LogP contribution is -2.04. The van der Waals surface area contributed by atoms with Crippen molar-refractivity contribution >= 4 is 10.9 Å². The van der Waals surface area contributed by atoms with Gasteiger partial charge in [0.15, 0.2) is 0 Å². The number of rotatable bonds is 4. The molecule has 31 heavy (non-hydrogen) atoms. The Balaban J connectivity index is 1.51. The van der Waals surface area contributed by atoms with Crippen molar-refractivity contribution in [3.63, 3.8) is 0 Å². The molecule has 0 spiro atoms. The van der Waals surface area contributed by atoms with E-state index in [0.29, 0.717) is 17.8 Å². The Hall–Kier alpha value is -3.94. The minimum atomic E-state index is -4.48. The van der Waals surface area contributed by atoms with Gasteiger partial charge >= 0.3 is 6.18 Å². The summed E-state index contributed by atoms with van der Waals surface area (Å²) in [6.07, 6.45) is -2.03. The average molecular weight is 419 g/mol. The first-order chi connectivity index (χ1) is 15.0. The van der Waals surface area contributed by atoms with E-state index in [0.717, 1.165) is 33.9 Å². The molecule has 0 unspecified atom stereocenters. The maximum absolute atomic E-state index is 12.9. The van der Waals surface area contributed by atoms with E-state index in [4.69, 9.17) is 0 Å². The second kappa shape index (κ2) is 7.39. The lowest BCUT2D eigenvalue weighted by molar-refractivity contribution is -0.141. The number of halogens is 3. The molecule has 5 nitrogen and oxygen atoms in total. The monoisotopic (exact) mass is 419 g/mol. The fourth-order valence-electron chi connectivity index (χ4n) is 3.53. The highest BCUT2D eigenvalue weighted by atomic mass is 19.4. The van der Waals surface area contributed by atoms with Crippen LogP contribution in [0.15, 0.2) is 72.9 Å². The first-order valence-electron chi connectivity index (χ1n) is 9.58. The molecule has 4 aromatic heterocycles. The molecule has 0 aliphatic heterocycles. The lowest BCUT2D eigenvalue weighted by atomic mass is 10.1. The van der Waals surface area contributed by atoms with Gasteiger partial charge in [0.1, 0.15) is 11.4 Å². The normalized spacial score (nSPS) is 11.8. The fourth-order valence-corrected chi connectivity index (χ4v) is 3.53. The summed E-state index contributed by atoms with van der Waals surface area (Å²) in [5, 5.41) is 6.82. The molecule has 5 rings (SSSR count). The fraction of sp³-hybridized carbons (Fsp3) is 0.0870. The molecule has 5 aromatic rings. The van der Waals surface area contributed by atoms with Crippen molar-refractivity contribution in [3.05, 3.63) is 89.9 Å². The van der Waals surface area contributed by atoms with Crippen LogP contribution in [0.2, 0.25) is 0 Å². The van der Waals surface area contributed by atoms with Crippen molar-refractivity contribution in [1.82, 2.24) is 25.1 Å². The van der Waals surface area contributed by atoms with Crippen LogP contribution in [0.25, 0.3) is 33.7 Å². The molecule has 154 valence electrons. The van der Waals surface area contributed by atoms with Crippen molar-refractivity contribution in [1.29, 1.82) is 0 Å². The molecule has 0 fully saturated rings. The van der Waals surface area contributed by atoms with Crippen molar-refractivity contribution in [2.75, 3.05) is 0 Å². The Labute approximate surface area is 175 Å². The van der Waals surface area contributed by atoms with Gasteiger partial charge in [-0.05, 0) is 42.0 Å². The molecule has 0 bridgehead atoms. The zero-order chi connectivity index (χ0) is 21.4. The second-order valence-corrected chi connectivity index (χ2v) is 7.13. The van der Waals surface area contributed by atoms with Gasteiger partial charge in [0.05, 0.1) is 17.1 Å². The minimum absolute atomic E-state index is 0.140. The number of alkyl halides is 3. The van der Waals surface area contributed by atoms with E-state index in [1.165, 1.54) is 0 Å². The maximum Gasteiger partial charge on any atom is 0.432 e. The molecule has 0 saturated heterocycles. The van der Waals surface area contributed by atoms with Crippen LogP contribution in [-0.4, -0.2) is 25.1 Å². The van der Waals surface area contributed by atoms with Crippen molar-refractivity contribution in [3.8, 4) is 22.8 Å². The molecular formula is C23H16F3N5. The van der Waals surface area contributed by atoms with Gasteiger partial charge in [-0.15, -0.1) is 0 Å². The van der Waals surface area contributed by atoms with Gasteiger partial charge in [0.2, 0.25) is 0 Å². The number of nitrogens with zero attached hydrogens (tertiary/aromatic N) is 3. The Kier molecular flexibility index (Phi) is 4.54. The highest BCUT2D eigenvalue weighted by Crippen LogP contribution is 2.31. The van der Waals surface area contributed by atoms with E-state index in [-0.39, 0.29) is 5.69 Å². The maximum atomic E-state index is 12.9. The summed E-state index contributed by atoms with van der Waals surface area (Å²) in [6.45, 7) is 0. The highest BCUT2D eigenvalue weighted by molar-refractivity contribution is 5.88. The van der Waals surface area contributed by atoms with Gasteiger partial charge in [0, 0.05) is 29.2 Å². The Bertz CT molecular complexity index is 1350. The number of benzene rings is 1. The molecule has 2 N–H and O–H groups in total. The van der Waals surface area contributed by atoms with Crippen LogP contribution in [0.1, 0.15) is 17.0 Å². The number of hydrogen-bond donors (Lipinski definition) is 2. The summed E-state index contributed by atoms with van der Waals surface area (Å²) >= 11 is 0. The smallest absolute Gasteiger partial charge is 0.353 e. The number of nitrogens with one attached hydrogen (secondary N) is 2. The molecule has 0 aliphatic carbocycles. The predicted molar refractivity (Wildman–Crippen MR) is 111 cm³/mol. The van der Waals surface area contributed by atoms with Crippen LogP contribution >= 0.6 is 0 Å². The van der Waals surface area contributed by atoms with Crippen LogP contribution in [0.5, 0.6) is 0 Å². The average Bonchev–Trinajstić information content (AvgIpc) is 3.43. The molecule has 0 aliphatic rings. The van der Waals surface area contributed by atoms with E-state index in [2.05, 4.69) is 20.1 Å². The summed E-state index contributed by atoms with van der Waals surface area (Å²) in [5.41, 5.74) is 4.03. The summed E-state index contributed by atoms with van der Waals surface area (Å²) in [4.78, 5) is 12.3. The minimum Gasteiger partial charge on any atom is -0.353 e. The standard InChI is InChI=1S/C23H16F3N5/c24-23(25,26)21-13-20(30-31-21)18-9-4-8-17(28-18)19-12-15-6-3-5-14(22(15)29-19)11-16-7-1-2-10-27-16/h1-10,12-13,29H,11H2,(H,30,31). The number of pyridine rings is 2. The quantitative estimate of drug-likeness (QED) is 0.397. The van der Waals surface area contributed by atoms with E-state index < -0.39 is 11.9 Å². The molecule has 4 heterocycles. The molecule has 1 aromatic carbocycles. The molecule has 0 radical (unpaired) electrons. The molecular weight excluding hydrogens is 403 g/mol. The van der Waals surface area contributed by atoms with Crippen LogP contribution in [-0.2, 0) is 12.6 Å². The summed E-state index contributed by atoms with van der Waals surface area (Å²) in [7, 11) is 0. The van der Waals surface area contributed by atoms with Crippen molar-refractivity contribution in [2.45, 2.75) is 12.6 Å². The number of aromatic nitrogens is 5. The molecule has 0 saturated carbocycles. The van der Waals surface area contributed by atoms with Crippen LogP contribution in [0.3, 0.4) is 0 Å². The number of fused-ring (bicyclic) bond motifs is 1. The SMILES string of the molecule is FC(F)(F)c1cc(-c2cccc(-c3cc4cccc(Cc5ccccn5)c4[nH]3)n2)n[nH]1. The zero-order valence-electron chi connectivity index (χ0n) is 16.1. The first-order valence-corrected chi connectivity index (χ1v) is 9.58. The third-order valence-electron chi connectivity index (χ3n) is 5.01.